The normalized spacial score (nSPS) is 16.9. The number of hydrogen-bond donors (Lipinski definition) is 1. The molecule has 0 aromatic carbocycles. The van der Waals surface area contributed by atoms with E-state index in [1.807, 2.05) is 17.0 Å². The quantitative estimate of drug-likeness (QED) is 0.785. The van der Waals surface area contributed by atoms with Gasteiger partial charge in [0.1, 0.15) is 0 Å². The van der Waals surface area contributed by atoms with Crippen LogP contribution >= 0.6 is 0 Å². The molecule has 2 rings (SSSR count). The van der Waals surface area contributed by atoms with Crippen molar-refractivity contribution < 1.29 is 4.79 Å². The first-order valence-electron chi connectivity index (χ1n) is 5.73. The van der Waals surface area contributed by atoms with Crippen molar-refractivity contribution in [2.75, 3.05) is 26.2 Å². The van der Waals surface area contributed by atoms with Crippen LogP contribution in [0.3, 0.4) is 0 Å². The minimum atomic E-state index is 0.205. The molecule has 1 amide bonds. The predicted octanol–water partition coefficient (Wildman–Crippen LogP) is 0.446. The van der Waals surface area contributed by atoms with Crippen molar-refractivity contribution in [2.45, 2.75) is 12.8 Å². The second-order valence-corrected chi connectivity index (χ2v) is 4.02. The van der Waals surface area contributed by atoms with Gasteiger partial charge in [-0.3, -0.25) is 9.78 Å². The van der Waals surface area contributed by atoms with Crippen molar-refractivity contribution in [3.63, 3.8) is 0 Å². The highest BCUT2D eigenvalue weighted by atomic mass is 16.2. The predicted molar refractivity (Wildman–Crippen MR) is 62.0 cm³/mol. The van der Waals surface area contributed by atoms with Gasteiger partial charge in [0.05, 0.1) is 6.42 Å². The first kappa shape index (κ1) is 11.1. The maximum atomic E-state index is 12.0. The fourth-order valence-corrected chi connectivity index (χ4v) is 1.88. The summed E-state index contributed by atoms with van der Waals surface area (Å²) in [5.74, 6) is 0.205. The molecule has 0 aliphatic carbocycles. The average Bonchev–Trinajstić information content (AvgIpc) is 2.59. The van der Waals surface area contributed by atoms with E-state index in [2.05, 4.69) is 10.3 Å². The van der Waals surface area contributed by atoms with Gasteiger partial charge >= 0.3 is 0 Å². The third kappa shape index (κ3) is 3.03. The molecule has 0 spiro atoms. The molecule has 0 radical (unpaired) electrons. The SMILES string of the molecule is O=C(Cc1cccnc1)N1CCCNCC1. The number of amides is 1. The molecule has 2 heterocycles. The van der Waals surface area contributed by atoms with Gasteiger partial charge in [-0.05, 0) is 24.6 Å². The second kappa shape index (κ2) is 5.61. The summed E-state index contributed by atoms with van der Waals surface area (Å²) in [6, 6.07) is 3.81. The third-order valence-electron chi connectivity index (χ3n) is 2.77. The second-order valence-electron chi connectivity index (χ2n) is 4.02. The molecule has 1 fully saturated rings. The molecular weight excluding hydrogens is 202 g/mol. The van der Waals surface area contributed by atoms with Crippen molar-refractivity contribution in [1.82, 2.24) is 15.2 Å². The van der Waals surface area contributed by atoms with Crippen LogP contribution < -0.4 is 5.32 Å². The Kier molecular flexibility index (Phi) is 3.88. The van der Waals surface area contributed by atoms with Gasteiger partial charge in [0.15, 0.2) is 0 Å². The van der Waals surface area contributed by atoms with Gasteiger partial charge in [-0.1, -0.05) is 6.07 Å². The lowest BCUT2D eigenvalue weighted by molar-refractivity contribution is -0.130. The number of rotatable bonds is 2. The van der Waals surface area contributed by atoms with Crippen molar-refractivity contribution in [2.24, 2.45) is 0 Å². The summed E-state index contributed by atoms with van der Waals surface area (Å²) in [5.41, 5.74) is 0.990. The van der Waals surface area contributed by atoms with Gasteiger partial charge in [0.2, 0.25) is 5.91 Å². The first-order chi connectivity index (χ1) is 7.86. The number of aromatic nitrogens is 1. The molecule has 0 unspecified atom stereocenters. The summed E-state index contributed by atoms with van der Waals surface area (Å²) in [4.78, 5) is 17.9. The lowest BCUT2D eigenvalue weighted by Gasteiger charge is -2.19. The Morgan fingerprint density at radius 2 is 2.38 bits per heavy atom. The standard InChI is InChI=1S/C12H17N3O/c16-12(9-11-3-1-4-14-10-11)15-7-2-5-13-6-8-15/h1,3-4,10,13H,2,5-9H2. The number of nitrogens with zero attached hydrogens (tertiary/aromatic N) is 2. The van der Waals surface area contributed by atoms with Gasteiger partial charge in [0.25, 0.3) is 0 Å². The van der Waals surface area contributed by atoms with E-state index in [-0.39, 0.29) is 5.91 Å². The van der Waals surface area contributed by atoms with Crippen LogP contribution in [0.4, 0.5) is 0 Å². The number of nitrogens with one attached hydrogen (secondary N) is 1. The van der Waals surface area contributed by atoms with Crippen molar-refractivity contribution in [1.29, 1.82) is 0 Å². The highest BCUT2D eigenvalue weighted by molar-refractivity contribution is 5.78. The zero-order chi connectivity index (χ0) is 11.2. The monoisotopic (exact) mass is 219 g/mol. The zero-order valence-electron chi connectivity index (χ0n) is 9.35. The minimum Gasteiger partial charge on any atom is -0.341 e. The number of pyridine rings is 1. The van der Waals surface area contributed by atoms with E-state index in [0.29, 0.717) is 6.42 Å². The molecule has 0 atom stereocenters. The molecule has 86 valence electrons. The maximum Gasteiger partial charge on any atom is 0.227 e. The summed E-state index contributed by atoms with van der Waals surface area (Å²) in [6.45, 7) is 3.60. The van der Waals surface area contributed by atoms with Gasteiger partial charge in [-0.15, -0.1) is 0 Å². The van der Waals surface area contributed by atoms with Crippen molar-refractivity contribution >= 4 is 5.91 Å². The Balaban J connectivity index is 1.92. The van der Waals surface area contributed by atoms with E-state index in [0.717, 1.165) is 38.2 Å². The number of carbonyl (C=O) groups is 1. The van der Waals surface area contributed by atoms with Crippen molar-refractivity contribution in [3.05, 3.63) is 30.1 Å². The molecule has 1 aromatic rings. The van der Waals surface area contributed by atoms with Crippen molar-refractivity contribution in [3.8, 4) is 0 Å². The van der Waals surface area contributed by atoms with Crippen LogP contribution in [0.15, 0.2) is 24.5 Å². The molecule has 1 N–H and O–H groups in total. The summed E-state index contributed by atoms with van der Waals surface area (Å²) >= 11 is 0. The van der Waals surface area contributed by atoms with E-state index in [9.17, 15) is 4.79 Å². The topological polar surface area (TPSA) is 45.2 Å². The Morgan fingerprint density at radius 1 is 1.44 bits per heavy atom. The fourth-order valence-electron chi connectivity index (χ4n) is 1.88. The average molecular weight is 219 g/mol. The molecule has 16 heavy (non-hydrogen) atoms. The van der Waals surface area contributed by atoms with Gasteiger partial charge in [0, 0.05) is 32.0 Å². The van der Waals surface area contributed by atoms with Gasteiger partial charge < -0.3 is 10.2 Å². The van der Waals surface area contributed by atoms with Crippen LogP contribution in [0.1, 0.15) is 12.0 Å². The van der Waals surface area contributed by atoms with E-state index in [4.69, 9.17) is 0 Å². The summed E-state index contributed by atoms with van der Waals surface area (Å²) in [5, 5.41) is 3.29. The fraction of sp³-hybridized carbons (Fsp3) is 0.500. The molecule has 0 saturated carbocycles. The molecule has 0 bridgehead atoms. The number of carbonyl (C=O) groups excluding carboxylic acids is 1. The first-order valence-corrected chi connectivity index (χ1v) is 5.73. The van der Waals surface area contributed by atoms with Crippen LogP contribution in [0.5, 0.6) is 0 Å². The Bertz CT molecular complexity index is 331. The minimum absolute atomic E-state index is 0.205. The van der Waals surface area contributed by atoms with E-state index in [1.54, 1.807) is 12.4 Å². The molecule has 1 saturated heterocycles. The lowest BCUT2D eigenvalue weighted by Crippen LogP contribution is -2.35. The van der Waals surface area contributed by atoms with Crippen LogP contribution in [0.2, 0.25) is 0 Å². The van der Waals surface area contributed by atoms with Gasteiger partial charge in [-0.2, -0.15) is 0 Å². The van der Waals surface area contributed by atoms with Gasteiger partial charge in [-0.25, -0.2) is 0 Å². The summed E-state index contributed by atoms with van der Waals surface area (Å²) < 4.78 is 0. The molecule has 1 aromatic heterocycles. The summed E-state index contributed by atoms with van der Waals surface area (Å²) in [6.07, 6.45) is 4.99. The molecule has 1 aliphatic rings. The van der Waals surface area contributed by atoms with E-state index < -0.39 is 0 Å². The number of hydrogen-bond acceptors (Lipinski definition) is 3. The largest absolute Gasteiger partial charge is 0.341 e. The highest BCUT2D eigenvalue weighted by Crippen LogP contribution is 2.03. The maximum absolute atomic E-state index is 12.0. The highest BCUT2D eigenvalue weighted by Gasteiger charge is 2.15. The smallest absolute Gasteiger partial charge is 0.227 e. The third-order valence-corrected chi connectivity index (χ3v) is 2.77. The van der Waals surface area contributed by atoms with Crippen LogP contribution in [0, 0.1) is 0 Å². The zero-order valence-corrected chi connectivity index (χ0v) is 9.35. The van der Waals surface area contributed by atoms with E-state index in [1.165, 1.54) is 0 Å². The molecular formula is C12H17N3O. The lowest BCUT2D eigenvalue weighted by atomic mass is 10.2. The van der Waals surface area contributed by atoms with Crippen LogP contribution in [-0.2, 0) is 11.2 Å². The van der Waals surface area contributed by atoms with Crippen LogP contribution in [0.25, 0.3) is 0 Å². The molecule has 4 heteroatoms. The summed E-state index contributed by atoms with van der Waals surface area (Å²) in [7, 11) is 0. The Labute approximate surface area is 95.7 Å². The van der Waals surface area contributed by atoms with Crippen LogP contribution in [-0.4, -0.2) is 42.0 Å². The molecule has 1 aliphatic heterocycles. The Hall–Kier alpha value is -1.42. The van der Waals surface area contributed by atoms with E-state index >= 15 is 0 Å². The molecule has 4 nitrogen and oxygen atoms in total. The Morgan fingerprint density at radius 3 is 3.19 bits per heavy atom.